The minimum absolute atomic E-state index is 0.00222. The Bertz CT molecular complexity index is 417. The van der Waals surface area contributed by atoms with Crippen molar-refractivity contribution in [2.45, 2.75) is 52.1 Å². The second-order valence-corrected chi connectivity index (χ2v) is 6.16. The molecule has 1 aromatic rings. The summed E-state index contributed by atoms with van der Waals surface area (Å²) in [6, 6.07) is 8.05. The summed E-state index contributed by atoms with van der Waals surface area (Å²) < 4.78 is 0. The Labute approximate surface area is 116 Å². The molecule has 0 saturated heterocycles. The van der Waals surface area contributed by atoms with Gasteiger partial charge in [0.1, 0.15) is 0 Å². The highest BCUT2D eigenvalue weighted by atomic mass is 16.2. The monoisotopic (exact) mass is 262 g/mol. The van der Waals surface area contributed by atoms with Crippen molar-refractivity contribution in [3.63, 3.8) is 0 Å². The van der Waals surface area contributed by atoms with Gasteiger partial charge in [-0.15, -0.1) is 0 Å². The first-order chi connectivity index (χ1) is 8.75. The normalized spacial score (nSPS) is 13.2. The number of hydrogen-bond acceptors (Lipinski definition) is 2. The van der Waals surface area contributed by atoms with Crippen LogP contribution in [-0.4, -0.2) is 23.9 Å². The lowest BCUT2D eigenvalue weighted by Crippen LogP contribution is -2.40. The molecule has 19 heavy (non-hydrogen) atoms. The zero-order valence-electron chi connectivity index (χ0n) is 12.7. The third kappa shape index (κ3) is 4.35. The van der Waals surface area contributed by atoms with E-state index < -0.39 is 0 Å². The lowest BCUT2D eigenvalue weighted by Gasteiger charge is -2.22. The summed E-state index contributed by atoms with van der Waals surface area (Å²) >= 11 is 0. The van der Waals surface area contributed by atoms with Gasteiger partial charge in [-0.3, -0.25) is 4.79 Å². The van der Waals surface area contributed by atoms with Crippen molar-refractivity contribution in [3.8, 4) is 0 Å². The zero-order chi connectivity index (χ0) is 14.6. The van der Waals surface area contributed by atoms with Crippen LogP contribution in [0.15, 0.2) is 24.3 Å². The van der Waals surface area contributed by atoms with Crippen LogP contribution in [0.5, 0.6) is 0 Å². The molecule has 1 aromatic carbocycles. The van der Waals surface area contributed by atoms with E-state index in [0.29, 0.717) is 13.0 Å². The zero-order valence-corrected chi connectivity index (χ0v) is 12.7. The fourth-order valence-corrected chi connectivity index (χ4v) is 1.92. The van der Waals surface area contributed by atoms with Crippen molar-refractivity contribution < 1.29 is 4.79 Å². The second kappa shape index (κ2) is 6.20. The molecule has 106 valence electrons. The van der Waals surface area contributed by atoms with Crippen LogP contribution in [0.4, 0.5) is 0 Å². The van der Waals surface area contributed by atoms with Crippen LogP contribution in [0, 0.1) is 0 Å². The molecule has 0 radical (unpaired) electrons. The fraction of sp³-hybridized carbons (Fsp3) is 0.562. The van der Waals surface area contributed by atoms with E-state index in [-0.39, 0.29) is 17.4 Å². The van der Waals surface area contributed by atoms with Gasteiger partial charge in [0.05, 0.1) is 6.04 Å². The summed E-state index contributed by atoms with van der Waals surface area (Å²) in [5.41, 5.74) is 8.35. The fourth-order valence-electron chi connectivity index (χ4n) is 1.92. The molecule has 0 saturated carbocycles. The predicted octanol–water partition coefficient (Wildman–Crippen LogP) is 2.68. The molecule has 0 bridgehead atoms. The molecule has 1 rings (SSSR count). The Morgan fingerprint density at radius 2 is 1.79 bits per heavy atom. The van der Waals surface area contributed by atoms with Gasteiger partial charge >= 0.3 is 0 Å². The highest BCUT2D eigenvalue weighted by molar-refractivity contribution is 5.81. The van der Waals surface area contributed by atoms with E-state index in [1.807, 2.05) is 6.92 Å². The van der Waals surface area contributed by atoms with E-state index in [1.165, 1.54) is 5.56 Å². The number of nitrogens with two attached hydrogens (primary N) is 1. The summed E-state index contributed by atoms with van der Waals surface area (Å²) in [4.78, 5) is 13.6. The Kier molecular flexibility index (Phi) is 5.12. The Morgan fingerprint density at radius 3 is 2.21 bits per heavy atom. The molecule has 0 aromatic heterocycles. The third-order valence-electron chi connectivity index (χ3n) is 3.37. The molecule has 0 aliphatic rings. The maximum absolute atomic E-state index is 11.9. The SMILES string of the molecule is CC[C@@H](N)C(=O)N(C)Cc1ccc(C(C)(C)C)cc1. The minimum atomic E-state index is -0.390. The van der Waals surface area contributed by atoms with Crippen molar-refractivity contribution in [1.82, 2.24) is 4.90 Å². The molecular formula is C16H26N2O. The summed E-state index contributed by atoms with van der Waals surface area (Å²) in [6.45, 7) is 9.11. The number of rotatable bonds is 4. The van der Waals surface area contributed by atoms with Crippen LogP contribution in [-0.2, 0) is 16.8 Å². The van der Waals surface area contributed by atoms with Crippen LogP contribution < -0.4 is 5.73 Å². The molecule has 0 fully saturated rings. The van der Waals surface area contributed by atoms with E-state index >= 15 is 0 Å². The van der Waals surface area contributed by atoms with Gasteiger partial charge in [0.2, 0.25) is 5.91 Å². The van der Waals surface area contributed by atoms with Gasteiger partial charge in [0.15, 0.2) is 0 Å². The first-order valence-corrected chi connectivity index (χ1v) is 6.85. The Morgan fingerprint density at radius 1 is 1.26 bits per heavy atom. The highest BCUT2D eigenvalue weighted by Gasteiger charge is 2.17. The largest absolute Gasteiger partial charge is 0.340 e. The smallest absolute Gasteiger partial charge is 0.239 e. The van der Waals surface area contributed by atoms with Crippen LogP contribution in [0.3, 0.4) is 0 Å². The van der Waals surface area contributed by atoms with Crippen molar-refractivity contribution in [3.05, 3.63) is 35.4 Å². The number of amides is 1. The average Bonchev–Trinajstić information content (AvgIpc) is 2.36. The van der Waals surface area contributed by atoms with E-state index in [9.17, 15) is 4.79 Å². The predicted molar refractivity (Wildman–Crippen MR) is 79.9 cm³/mol. The molecule has 0 heterocycles. The van der Waals surface area contributed by atoms with E-state index in [2.05, 4.69) is 45.0 Å². The minimum Gasteiger partial charge on any atom is -0.340 e. The van der Waals surface area contributed by atoms with E-state index in [0.717, 1.165) is 5.56 Å². The summed E-state index contributed by atoms with van der Waals surface area (Å²) in [7, 11) is 1.80. The number of carbonyl (C=O) groups excluding carboxylic acids is 1. The van der Waals surface area contributed by atoms with Crippen molar-refractivity contribution >= 4 is 5.91 Å². The lowest BCUT2D eigenvalue weighted by molar-refractivity contribution is -0.131. The molecule has 0 spiro atoms. The summed E-state index contributed by atoms with van der Waals surface area (Å²) in [6.07, 6.45) is 0.673. The molecule has 1 amide bonds. The van der Waals surface area contributed by atoms with Crippen LogP contribution in [0.2, 0.25) is 0 Å². The molecular weight excluding hydrogens is 236 g/mol. The van der Waals surface area contributed by atoms with Crippen LogP contribution in [0.25, 0.3) is 0 Å². The van der Waals surface area contributed by atoms with Crippen LogP contribution in [0.1, 0.15) is 45.2 Å². The molecule has 1 atom stereocenters. The van der Waals surface area contributed by atoms with Gasteiger partial charge in [-0.05, 0) is 23.0 Å². The number of nitrogens with zero attached hydrogens (tertiary/aromatic N) is 1. The Hall–Kier alpha value is -1.35. The molecule has 0 unspecified atom stereocenters. The third-order valence-corrected chi connectivity index (χ3v) is 3.37. The van der Waals surface area contributed by atoms with Gasteiger partial charge in [0.25, 0.3) is 0 Å². The molecule has 3 heteroatoms. The van der Waals surface area contributed by atoms with Crippen molar-refractivity contribution in [1.29, 1.82) is 0 Å². The summed E-state index contributed by atoms with van der Waals surface area (Å²) in [5, 5.41) is 0. The molecule has 2 N–H and O–H groups in total. The molecule has 0 aliphatic carbocycles. The van der Waals surface area contributed by atoms with Crippen molar-refractivity contribution in [2.24, 2.45) is 5.73 Å². The average molecular weight is 262 g/mol. The van der Waals surface area contributed by atoms with Gasteiger partial charge in [-0.2, -0.15) is 0 Å². The number of carbonyl (C=O) groups is 1. The first kappa shape index (κ1) is 15.7. The standard InChI is InChI=1S/C16H26N2O/c1-6-14(17)15(19)18(5)11-12-7-9-13(10-8-12)16(2,3)4/h7-10,14H,6,11,17H2,1-5H3/t14-/m1/s1. The van der Waals surface area contributed by atoms with Gasteiger partial charge in [-0.1, -0.05) is 52.0 Å². The quantitative estimate of drug-likeness (QED) is 0.907. The summed E-state index contributed by atoms with van der Waals surface area (Å²) in [5.74, 6) is 0.00222. The van der Waals surface area contributed by atoms with E-state index in [1.54, 1.807) is 11.9 Å². The Balaban J connectivity index is 2.71. The number of hydrogen-bond donors (Lipinski definition) is 1. The van der Waals surface area contributed by atoms with Gasteiger partial charge < -0.3 is 10.6 Å². The topological polar surface area (TPSA) is 46.3 Å². The number of benzene rings is 1. The van der Waals surface area contributed by atoms with E-state index in [4.69, 9.17) is 5.73 Å². The lowest BCUT2D eigenvalue weighted by atomic mass is 9.87. The second-order valence-electron chi connectivity index (χ2n) is 6.16. The maximum atomic E-state index is 11.9. The first-order valence-electron chi connectivity index (χ1n) is 6.85. The van der Waals surface area contributed by atoms with Crippen LogP contribution >= 0.6 is 0 Å². The number of likely N-dealkylation sites (N-methyl/N-ethyl adjacent to an activating group) is 1. The van der Waals surface area contributed by atoms with Gasteiger partial charge in [-0.25, -0.2) is 0 Å². The highest BCUT2D eigenvalue weighted by Crippen LogP contribution is 2.22. The maximum Gasteiger partial charge on any atom is 0.239 e. The molecule has 0 aliphatic heterocycles. The van der Waals surface area contributed by atoms with Gasteiger partial charge in [0, 0.05) is 13.6 Å². The van der Waals surface area contributed by atoms with Crippen molar-refractivity contribution in [2.75, 3.05) is 7.05 Å². The molecule has 3 nitrogen and oxygen atoms in total.